The highest BCUT2D eigenvalue weighted by Gasteiger charge is 2.23. The summed E-state index contributed by atoms with van der Waals surface area (Å²) in [6.07, 6.45) is 6.09. The Hall–Kier alpha value is -2.89. The molecule has 2 amide bonds. The van der Waals surface area contributed by atoms with Gasteiger partial charge in [0.25, 0.3) is 0 Å². The average molecular weight is 382 g/mol. The van der Waals surface area contributed by atoms with Gasteiger partial charge in [0.15, 0.2) is 6.04 Å². The van der Waals surface area contributed by atoms with Crippen LogP contribution in [0.3, 0.4) is 0 Å². The zero-order valence-corrected chi connectivity index (χ0v) is 15.8. The van der Waals surface area contributed by atoms with Crippen molar-refractivity contribution in [3.8, 4) is 0 Å². The molecule has 2 aromatic rings. The van der Waals surface area contributed by atoms with Crippen molar-refractivity contribution in [1.29, 1.82) is 0 Å². The molecule has 1 aliphatic carbocycles. The zero-order chi connectivity index (χ0) is 19.9. The van der Waals surface area contributed by atoms with Crippen LogP contribution in [0.2, 0.25) is 0 Å². The maximum atomic E-state index is 12.2. The van der Waals surface area contributed by atoms with Crippen LogP contribution in [-0.4, -0.2) is 29.4 Å². The van der Waals surface area contributed by atoms with Gasteiger partial charge in [-0.25, -0.2) is 4.79 Å². The lowest BCUT2D eigenvalue weighted by atomic mass is 9.87. The Morgan fingerprint density at radius 2 is 1.68 bits per heavy atom. The Kier molecular flexibility index (Phi) is 6.63. The van der Waals surface area contributed by atoms with E-state index in [4.69, 9.17) is 0 Å². The molecule has 148 valence electrons. The Labute approximate surface area is 164 Å². The van der Waals surface area contributed by atoms with Crippen LogP contribution in [0.25, 0.3) is 10.8 Å². The van der Waals surface area contributed by atoms with Gasteiger partial charge in [-0.05, 0) is 41.2 Å². The number of benzene rings is 2. The monoisotopic (exact) mass is 382 g/mol. The smallest absolute Gasteiger partial charge is 0.330 e. The van der Waals surface area contributed by atoms with Gasteiger partial charge >= 0.3 is 5.97 Å². The van der Waals surface area contributed by atoms with E-state index in [-0.39, 0.29) is 12.5 Å². The molecule has 0 bridgehead atoms. The van der Waals surface area contributed by atoms with E-state index in [1.165, 1.54) is 6.42 Å². The van der Waals surface area contributed by atoms with Crippen molar-refractivity contribution in [2.24, 2.45) is 5.92 Å². The number of aliphatic carboxylic acids is 1. The van der Waals surface area contributed by atoms with Crippen molar-refractivity contribution in [2.75, 3.05) is 6.54 Å². The molecule has 1 unspecified atom stereocenters. The van der Waals surface area contributed by atoms with Crippen LogP contribution in [0.4, 0.5) is 0 Å². The second kappa shape index (κ2) is 9.35. The second-order valence-electron chi connectivity index (χ2n) is 7.43. The Morgan fingerprint density at radius 3 is 2.39 bits per heavy atom. The van der Waals surface area contributed by atoms with Gasteiger partial charge in [-0.15, -0.1) is 0 Å². The van der Waals surface area contributed by atoms with E-state index < -0.39 is 17.9 Å². The van der Waals surface area contributed by atoms with Crippen LogP contribution in [0.15, 0.2) is 42.5 Å². The minimum Gasteiger partial charge on any atom is -0.479 e. The molecule has 2 aromatic carbocycles. The molecule has 1 fully saturated rings. The van der Waals surface area contributed by atoms with Gasteiger partial charge in [-0.2, -0.15) is 0 Å². The standard InChI is InChI=1S/C22H26N2O4/c25-19(12-15-6-2-1-3-7-15)23-14-20(26)24-21(22(27)28)18-11-10-16-8-4-5-9-17(16)13-18/h4-5,8-11,13,15,21H,1-3,6-7,12,14H2,(H,23,25)(H,24,26)(H,27,28). The average Bonchev–Trinajstić information content (AvgIpc) is 2.70. The highest BCUT2D eigenvalue weighted by molar-refractivity contribution is 5.90. The second-order valence-corrected chi connectivity index (χ2v) is 7.43. The van der Waals surface area contributed by atoms with Gasteiger partial charge in [0.2, 0.25) is 11.8 Å². The molecular formula is C22H26N2O4. The number of rotatable bonds is 7. The molecule has 3 N–H and O–H groups in total. The molecule has 28 heavy (non-hydrogen) atoms. The van der Waals surface area contributed by atoms with Gasteiger partial charge in [0.05, 0.1) is 6.54 Å². The maximum Gasteiger partial charge on any atom is 0.330 e. The fraction of sp³-hybridized carbons (Fsp3) is 0.409. The van der Waals surface area contributed by atoms with Gasteiger partial charge in [-0.1, -0.05) is 55.7 Å². The highest BCUT2D eigenvalue weighted by Crippen LogP contribution is 2.26. The SMILES string of the molecule is O=C(CC1CCCCC1)NCC(=O)NC(C(=O)O)c1ccc2ccccc2c1. The number of carboxylic acids is 1. The molecule has 6 heteroatoms. The molecular weight excluding hydrogens is 356 g/mol. The van der Waals surface area contributed by atoms with E-state index in [1.807, 2.05) is 30.3 Å². The van der Waals surface area contributed by atoms with Crippen molar-refractivity contribution in [2.45, 2.75) is 44.6 Å². The number of carbonyl (C=O) groups excluding carboxylic acids is 2. The lowest BCUT2D eigenvalue weighted by Gasteiger charge is -2.21. The van der Waals surface area contributed by atoms with Gasteiger partial charge < -0.3 is 15.7 Å². The third kappa shape index (κ3) is 5.31. The van der Waals surface area contributed by atoms with Crippen LogP contribution in [0, 0.1) is 5.92 Å². The van der Waals surface area contributed by atoms with Crippen LogP contribution < -0.4 is 10.6 Å². The first-order valence-electron chi connectivity index (χ1n) is 9.80. The predicted octanol–water partition coefficient (Wildman–Crippen LogP) is 3.17. The van der Waals surface area contributed by atoms with Crippen LogP contribution in [-0.2, 0) is 14.4 Å². The predicted molar refractivity (Wildman–Crippen MR) is 107 cm³/mol. The van der Waals surface area contributed by atoms with E-state index in [9.17, 15) is 19.5 Å². The molecule has 0 aliphatic heterocycles. The minimum atomic E-state index is -1.16. The lowest BCUT2D eigenvalue weighted by Crippen LogP contribution is -2.41. The first kappa shape index (κ1) is 19.9. The molecule has 1 saturated carbocycles. The number of nitrogens with one attached hydrogen (secondary N) is 2. The number of carboxylic acid groups (broad SMARTS) is 1. The normalized spacial score (nSPS) is 15.7. The highest BCUT2D eigenvalue weighted by atomic mass is 16.4. The fourth-order valence-corrected chi connectivity index (χ4v) is 3.79. The van der Waals surface area contributed by atoms with E-state index in [1.54, 1.807) is 12.1 Å². The lowest BCUT2D eigenvalue weighted by molar-refractivity contribution is -0.141. The fourth-order valence-electron chi connectivity index (χ4n) is 3.79. The maximum absolute atomic E-state index is 12.2. The molecule has 1 aliphatic rings. The Bertz CT molecular complexity index is 858. The number of hydrogen-bond donors (Lipinski definition) is 3. The molecule has 0 radical (unpaired) electrons. The third-order valence-electron chi connectivity index (χ3n) is 5.30. The van der Waals surface area contributed by atoms with Crippen molar-refractivity contribution < 1.29 is 19.5 Å². The van der Waals surface area contributed by atoms with Crippen LogP contribution in [0.1, 0.15) is 50.1 Å². The first-order valence-corrected chi connectivity index (χ1v) is 9.80. The van der Waals surface area contributed by atoms with E-state index in [0.29, 0.717) is 17.9 Å². The summed E-state index contributed by atoms with van der Waals surface area (Å²) < 4.78 is 0. The summed E-state index contributed by atoms with van der Waals surface area (Å²) in [5.74, 6) is -1.42. The third-order valence-corrected chi connectivity index (χ3v) is 5.30. The molecule has 6 nitrogen and oxygen atoms in total. The molecule has 0 aromatic heterocycles. The summed E-state index contributed by atoms with van der Waals surface area (Å²) in [6.45, 7) is -0.219. The van der Waals surface area contributed by atoms with Gasteiger partial charge in [-0.3, -0.25) is 9.59 Å². The van der Waals surface area contributed by atoms with E-state index >= 15 is 0 Å². The van der Waals surface area contributed by atoms with Crippen LogP contribution >= 0.6 is 0 Å². The Balaban J connectivity index is 1.56. The molecule has 0 spiro atoms. The summed E-state index contributed by atoms with van der Waals surface area (Å²) in [5, 5.41) is 16.6. The summed E-state index contributed by atoms with van der Waals surface area (Å²) in [4.78, 5) is 35.9. The van der Waals surface area contributed by atoms with Gasteiger partial charge in [0, 0.05) is 6.42 Å². The topological polar surface area (TPSA) is 95.5 Å². The summed E-state index contributed by atoms with van der Waals surface area (Å²) >= 11 is 0. The Morgan fingerprint density at radius 1 is 0.964 bits per heavy atom. The van der Waals surface area contributed by atoms with Crippen molar-refractivity contribution in [3.63, 3.8) is 0 Å². The van der Waals surface area contributed by atoms with Gasteiger partial charge in [0.1, 0.15) is 0 Å². The summed E-state index contributed by atoms with van der Waals surface area (Å²) in [5.41, 5.74) is 0.494. The molecule has 0 saturated heterocycles. The zero-order valence-electron chi connectivity index (χ0n) is 15.8. The first-order chi connectivity index (χ1) is 13.5. The number of fused-ring (bicyclic) bond motifs is 1. The van der Waals surface area contributed by atoms with Crippen LogP contribution in [0.5, 0.6) is 0 Å². The largest absolute Gasteiger partial charge is 0.479 e. The number of carbonyl (C=O) groups is 3. The minimum absolute atomic E-state index is 0.153. The van der Waals surface area contributed by atoms with E-state index in [2.05, 4.69) is 10.6 Å². The van der Waals surface area contributed by atoms with Crippen molar-refractivity contribution in [1.82, 2.24) is 10.6 Å². The molecule has 0 heterocycles. The number of amides is 2. The summed E-state index contributed by atoms with van der Waals surface area (Å²) in [6, 6.07) is 11.8. The quantitative estimate of drug-likeness (QED) is 0.685. The number of hydrogen-bond acceptors (Lipinski definition) is 3. The summed E-state index contributed by atoms with van der Waals surface area (Å²) in [7, 11) is 0. The van der Waals surface area contributed by atoms with Crippen molar-refractivity contribution in [3.05, 3.63) is 48.0 Å². The van der Waals surface area contributed by atoms with Crippen molar-refractivity contribution >= 4 is 28.6 Å². The molecule has 3 rings (SSSR count). The molecule has 1 atom stereocenters. The van der Waals surface area contributed by atoms with E-state index in [0.717, 1.165) is 36.5 Å².